The standard InChI is InChI=1S/C23H27FN4O3/c1-14-11-15(2)26-23(25-14)31-20-9-5-18(6-10-20)27-22(30)16-12-21(29)28(13-16)19-7-3-17(24)4-8-19/h3-4,7-8,11,16,18,20H,5-6,9-10,12-13H2,1-2H3,(H,27,30). The molecule has 0 radical (unpaired) electrons. The Morgan fingerprint density at radius 1 is 1.10 bits per heavy atom. The van der Waals surface area contributed by atoms with Crippen LogP contribution in [0.2, 0.25) is 0 Å². The fourth-order valence-electron chi connectivity index (χ4n) is 4.29. The van der Waals surface area contributed by atoms with Gasteiger partial charge in [-0.2, -0.15) is 0 Å². The molecule has 2 heterocycles. The van der Waals surface area contributed by atoms with E-state index in [4.69, 9.17) is 4.74 Å². The molecule has 31 heavy (non-hydrogen) atoms. The second-order valence-corrected chi connectivity index (χ2v) is 8.42. The molecule has 8 heteroatoms. The fourth-order valence-corrected chi connectivity index (χ4v) is 4.29. The SMILES string of the molecule is Cc1cc(C)nc(OC2CCC(NC(=O)C3CC(=O)N(c4ccc(F)cc4)C3)CC2)n1. The van der Waals surface area contributed by atoms with Crippen LogP contribution in [0.25, 0.3) is 0 Å². The summed E-state index contributed by atoms with van der Waals surface area (Å²) in [5, 5.41) is 3.10. The molecule has 2 amide bonds. The number of hydrogen-bond donors (Lipinski definition) is 1. The molecule has 1 aliphatic carbocycles. The number of aryl methyl sites for hydroxylation is 2. The lowest BCUT2D eigenvalue weighted by atomic mass is 9.92. The zero-order valence-electron chi connectivity index (χ0n) is 17.8. The van der Waals surface area contributed by atoms with Crippen LogP contribution in [0.3, 0.4) is 0 Å². The van der Waals surface area contributed by atoms with Crippen LogP contribution < -0.4 is 15.0 Å². The van der Waals surface area contributed by atoms with E-state index in [-0.39, 0.29) is 36.2 Å². The number of carbonyl (C=O) groups excluding carboxylic acids is 2. The molecule has 2 fully saturated rings. The Kier molecular flexibility index (Phi) is 6.15. The number of nitrogens with zero attached hydrogens (tertiary/aromatic N) is 3. The van der Waals surface area contributed by atoms with Crippen molar-refractivity contribution in [2.45, 2.75) is 58.1 Å². The van der Waals surface area contributed by atoms with Crippen molar-refractivity contribution in [1.82, 2.24) is 15.3 Å². The van der Waals surface area contributed by atoms with Gasteiger partial charge >= 0.3 is 6.01 Å². The van der Waals surface area contributed by atoms with Crippen LogP contribution in [0.4, 0.5) is 10.1 Å². The number of hydrogen-bond acceptors (Lipinski definition) is 5. The first kappa shape index (κ1) is 21.2. The minimum Gasteiger partial charge on any atom is -0.460 e. The van der Waals surface area contributed by atoms with Crippen molar-refractivity contribution in [2.24, 2.45) is 5.92 Å². The molecule has 1 aromatic heterocycles. The first-order valence-electron chi connectivity index (χ1n) is 10.7. The maximum atomic E-state index is 13.1. The van der Waals surface area contributed by atoms with E-state index in [9.17, 15) is 14.0 Å². The molecule has 4 rings (SSSR count). The van der Waals surface area contributed by atoms with E-state index >= 15 is 0 Å². The Bertz CT molecular complexity index is 938. The molecule has 1 aromatic carbocycles. The van der Waals surface area contributed by atoms with Gasteiger partial charge in [-0.1, -0.05) is 0 Å². The Morgan fingerprint density at radius 3 is 2.39 bits per heavy atom. The third kappa shape index (κ3) is 5.18. The summed E-state index contributed by atoms with van der Waals surface area (Å²) >= 11 is 0. The van der Waals surface area contributed by atoms with Gasteiger partial charge < -0.3 is 15.0 Å². The van der Waals surface area contributed by atoms with Gasteiger partial charge in [0, 0.05) is 36.1 Å². The van der Waals surface area contributed by atoms with E-state index in [1.807, 2.05) is 19.9 Å². The lowest BCUT2D eigenvalue weighted by molar-refractivity contribution is -0.127. The molecule has 1 saturated heterocycles. The normalized spacial score (nSPS) is 23.6. The van der Waals surface area contributed by atoms with E-state index in [0.717, 1.165) is 37.1 Å². The van der Waals surface area contributed by atoms with Crippen molar-refractivity contribution < 1.29 is 18.7 Å². The van der Waals surface area contributed by atoms with Gasteiger partial charge in [0.05, 0.1) is 5.92 Å². The van der Waals surface area contributed by atoms with Crippen molar-refractivity contribution in [3.63, 3.8) is 0 Å². The van der Waals surface area contributed by atoms with Crippen LogP contribution in [0, 0.1) is 25.6 Å². The highest BCUT2D eigenvalue weighted by Crippen LogP contribution is 2.27. The van der Waals surface area contributed by atoms with Gasteiger partial charge in [0.1, 0.15) is 11.9 Å². The van der Waals surface area contributed by atoms with Crippen LogP contribution in [0.5, 0.6) is 6.01 Å². The number of carbonyl (C=O) groups is 2. The number of benzene rings is 1. The second kappa shape index (κ2) is 8.99. The third-order valence-corrected chi connectivity index (χ3v) is 5.89. The molecule has 1 N–H and O–H groups in total. The first-order chi connectivity index (χ1) is 14.9. The number of ether oxygens (including phenoxy) is 1. The Balaban J connectivity index is 1.26. The summed E-state index contributed by atoms with van der Waals surface area (Å²) in [6.07, 6.45) is 3.45. The predicted octanol–water partition coefficient (Wildman–Crippen LogP) is 3.09. The lowest BCUT2D eigenvalue weighted by Crippen LogP contribution is -2.43. The number of amides is 2. The fraction of sp³-hybridized carbons (Fsp3) is 0.478. The Labute approximate surface area is 181 Å². The monoisotopic (exact) mass is 426 g/mol. The average molecular weight is 426 g/mol. The highest BCUT2D eigenvalue weighted by atomic mass is 19.1. The average Bonchev–Trinajstić information content (AvgIpc) is 3.11. The van der Waals surface area contributed by atoms with E-state index in [1.54, 1.807) is 17.0 Å². The number of rotatable bonds is 5. The van der Waals surface area contributed by atoms with Gasteiger partial charge in [-0.3, -0.25) is 9.59 Å². The topological polar surface area (TPSA) is 84.4 Å². The van der Waals surface area contributed by atoms with E-state index in [0.29, 0.717) is 18.2 Å². The molecule has 7 nitrogen and oxygen atoms in total. The maximum Gasteiger partial charge on any atom is 0.317 e. The summed E-state index contributed by atoms with van der Waals surface area (Å²) in [5.74, 6) is -0.958. The van der Waals surface area contributed by atoms with Crippen LogP contribution in [0.15, 0.2) is 30.3 Å². The maximum absolute atomic E-state index is 13.1. The van der Waals surface area contributed by atoms with Gasteiger partial charge in [0.15, 0.2) is 0 Å². The molecule has 2 aromatic rings. The van der Waals surface area contributed by atoms with Gasteiger partial charge in [-0.25, -0.2) is 14.4 Å². The van der Waals surface area contributed by atoms with Gasteiger partial charge in [-0.15, -0.1) is 0 Å². The quantitative estimate of drug-likeness (QED) is 0.794. The third-order valence-electron chi connectivity index (χ3n) is 5.89. The predicted molar refractivity (Wildman–Crippen MR) is 113 cm³/mol. The number of aromatic nitrogens is 2. The van der Waals surface area contributed by atoms with Crippen molar-refractivity contribution >= 4 is 17.5 Å². The molecule has 1 aliphatic heterocycles. The first-order valence-corrected chi connectivity index (χ1v) is 10.7. The Morgan fingerprint density at radius 2 is 1.74 bits per heavy atom. The van der Waals surface area contributed by atoms with Crippen molar-refractivity contribution in [3.8, 4) is 6.01 Å². The Hall–Kier alpha value is -3.03. The molecule has 1 saturated carbocycles. The van der Waals surface area contributed by atoms with E-state index in [1.165, 1.54) is 12.1 Å². The summed E-state index contributed by atoms with van der Waals surface area (Å²) in [5.41, 5.74) is 2.38. The minimum atomic E-state index is -0.393. The molecule has 1 atom stereocenters. The summed E-state index contributed by atoms with van der Waals surface area (Å²) in [4.78, 5) is 35.3. The number of nitrogens with one attached hydrogen (secondary N) is 1. The molecular formula is C23H27FN4O3. The summed E-state index contributed by atoms with van der Waals surface area (Å²) < 4.78 is 19.1. The summed E-state index contributed by atoms with van der Waals surface area (Å²) in [7, 11) is 0. The van der Waals surface area contributed by atoms with Crippen molar-refractivity contribution in [3.05, 3.63) is 47.5 Å². The molecule has 164 valence electrons. The summed E-state index contributed by atoms with van der Waals surface area (Å²) in [6, 6.07) is 8.16. The van der Waals surface area contributed by atoms with Crippen molar-refractivity contribution in [2.75, 3.05) is 11.4 Å². The lowest BCUT2D eigenvalue weighted by Gasteiger charge is -2.29. The van der Waals surface area contributed by atoms with Gasteiger partial charge in [-0.05, 0) is 69.9 Å². The second-order valence-electron chi connectivity index (χ2n) is 8.42. The van der Waals surface area contributed by atoms with E-state index < -0.39 is 5.92 Å². The zero-order chi connectivity index (χ0) is 22.0. The molecule has 2 aliphatic rings. The molecule has 0 bridgehead atoms. The highest BCUT2D eigenvalue weighted by Gasteiger charge is 2.36. The molecule has 1 unspecified atom stereocenters. The van der Waals surface area contributed by atoms with Gasteiger partial charge in [0.2, 0.25) is 11.8 Å². The number of halogens is 1. The van der Waals surface area contributed by atoms with Crippen LogP contribution in [-0.2, 0) is 9.59 Å². The van der Waals surface area contributed by atoms with Crippen LogP contribution in [0.1, 0.15) is 43.5 Å². The smallest absolute Gasteiger partial charge is 0.317 e. The van der Waals surface area contributed by atoms with Gasteiger partial charge in [0.25, 0.3) is 0 Å². The largest absolute Gasteiger partial charge is 0.460 e. The van der Waals surface area contributed by atoms with Crippen LogP contribution in [-0.4, -0.2) is 40.5 Å². The zero-order valence-corrected chi connectivity index (χ0v) is 17.8. The number of anilines is 1. The highest BCUT2D eigenvalue weighted by molar-refractivity contribution is 6.00. The molecular weight excluding hydrogens is 399 g/mol. The van der Waals surface area contributed by atoms with E-state index in [2.05, 4.69) is 15.3 Å². The van der Waals surface area contributed by atoms with Crippen LogP contribution >= 0.6 is 0 Å². The molecule has 0 spiro atoms. The summed E-state index contributed by atoms with van der Waals surface area (Å²) in [6.45, 7) is 4.15. The minimum absolute atomic E-state index is 0.0383. The van der Waals surface area contributed by atoms with Crippen molar-refractivity contribution in [1.29, 1.82) is 0 Å².